The molecule has 2 N–H and O–H groups in total. The Morgan fingerprint density at radius 1 is 1.42 bits per heavy atom. The minimum Gasteiger partial charge on any atom is -0.497 e. The minimum atomic E-state index is 0.136. The Morgan fingerprint density at radius 2 is 2.26 bits per heavy atom. The average Bonchev–Trinajstić information content (AvgIpc) is 2.94. The summed E-state index contributed by atoms with van der Waals surface area (Å²) in [6.45, 7) is 2.63. The summed E-state index contributed by atoms with van der Waals surface area (Å²) in [5, 5.41) is 4.02. The van der Waals surface area contributed by atoms with Gasteiger partial charge in [-0.25, -0.2) is 0 Å². The van der Waals surface area contributed by atoms with E-state index in [1.165, 1.54) is 0 Å². The summed E-state index contributed by atoms with van der Waals surface area (Å²) in [5.41, 5.74) is 6.61. The van der Waals surface area contributed by atoms with Crippen molar-refractivity contribution in [2.24, 2.45) is 5.73 Å². The molecular formula is C14H19N3O2. The number of aromatic nitrogens is 2. The Balaban J connectivity index is 2.24. The van der Waals surface area contributed by atoms with E-state index in [4.69, 9.17) is 15.0 Å². The van der Waals surface area contributed by atoms with Crippen LogP contribution < -0.4 is 10.5 Å². The molecule has 0 amide bonds. The highest BCUT2D eigenvalue weighted by molar-refractivity contribution is 5.56. The zero-order valence-corrected chi connectivity index (χ0v) is 11.3. The molecular weight excluding hydrogens is 242 g/mol. The van der Waals surface area contributed by atoms with Crippen LogP contribution in [0.15, 0.2) is 28.8 Å². The van der Waals surface area contributed by atoms with Gasteiger partial charge in [0, 0.05) is 12.1 Å². The average molecular weight is 261 g/mol. The van der Waals surface area contributed by atoms with Crippen molar-refractivity contribution in [1.82, 2.24) is 10.1 Å². The largest absolute Gasteiger partial charge is 0.497 e. The first-order valence-corrected chi connectivity index (χ1v) is 6.46. The molecule has 5 nitrogen and oxygen atoms in total. The maximum Gasteiger partial charge on any atom is 0.231 e. The Morgan fingerprint density at radius 3 is 2.95 bits per heavy atom. The third-order valence-electron chi connectivity index (χ3n) is 3.04. The normalized spacial score (nSPS) is 12.4. The van der Waals surface area contributed by atoms with E-state index in [0.717, 1.165) is 24.2 Å². The van der Waals surface area contributed by atoms with Gasteiger partial charge in [0.05, 0.1) is 13.0 Å². The second-order valence-corrected chi connectivity index (χ2v) is 4.41. The van der Waals surface area contributed by atoms with Crippen LogP contribution >= 0.6 is 0 Å². The van der Waals surface area contributed by atoms with E-state index in [9.17, 15) is 0 Å². The van der Waals surface area contributed by atoms with Crippen LogP contribution in [0.25, 0.3) is 11.4 Å². The van der Waals surface area contributed by atoms with Gasteiger partial charge in [0.25, 0.3) is 0 Å². The molecule has 102 valence electrons. The molecule has 0 saturated heterocycles. The van der Waals surface area contributed by atoms with Crippen LogP contribution in [-0.2, 0) is 0 Å². The van der Waals surface area contributed by atoms with Crippen molar-refractivity contribution in [3.8, 4) is 17.1 Å². The van der Waals surface area contributed by atoms with Gasteiger partial charge in [-0.2, -0.15) is 4.98 Å². The second kappa shape index (κ2) is 6.33. The monoisotopic (exact) mass is 261 g/mol. The predicted molar refractivity (Wildman–Crippen MR) is 73.0 cm³/mol. The van der Waals surface area contributed by atoms with Crippen molar-refractivity contribution in [3.05, 3.63) is 30.2 Å². The molecule has 2 rings (SSSR count). The maximum atomic E-state index is 5.74. The zero-order valence-electron chi connectivity index (χ0n) is 11.3. The molecule has 0 spiro atoms. The molecule has 0 aliphatic carbocycles. The first-order valence-electron chi connectivity index (χ1n) is 6.46. The lowest BCUT2D eigenvalue weighted by atomic mass is 10.0. The summed E-state index contributed by atoms with van der Waals surface area (Å²) >= 11 is 0. The van der Waals surface area contributed by atoms with Gasteiger partial charge in [-0.15, -0.1) is 0 Å². The number of ether oxygens (including phenoxy) is 1. The van der Waals surface area contributed by atoms with Crippen LogP contribution in [-0.4, -0.2) is 23.8 Å². The molecule has 0 radical (unpaired) electrons. The fourth-order valence-electron chi connectivity index (χ4n) is 1.97. The van der Waals surface area contributed by atoms with Gasteiger partial charge < -0.3 is 15.0 Å². The van der Waals surface area contributed by atoms with Crippen molar-refractivity contribution in [3.63, 3.8) is 0 Å². The lowest BCUT2D eigenvalue weighted by Gasteiger charge is -2.06. The van der Waals surface area contributed by atoms with Gasteiger partial charge in [-0.1, -0.05) is 30.6 Å². The molecule has 5 heteroatoms. The first kappa shape index (κ1) is 13.5. The van der Waals surface area contributed by atoms with Crippen LogP contribution in [0.3, 0.4) is 0 Å². The number of rotatable bonds is 6. The number of benzene rings is 1. The molecule has 2 aromatic rings. The number of hydrogen-bond donors (Lipinski definition) is 1. The molecule has 0 aliphatic rings. The Bertz CT molecular complexity index is 525. The lowest BCUT2D eigenvalue weighted by Crippen LogP contribution is -2.12. The number of methoxy groups -OCH3 is 1. The smallest absolute Gasteiger partial charge is 0.231 e. The second-order valence-electron chi connectivity index (χ2n) is 4.41. The maximum absolute atomic E-state index is 5.74. The van der Waals surface area contributed by atoms with E-state index < -0.39 is 0 Å². The Kier molecular flexibility index (Phi) is 4.52. The van der Waals surface area contributed by atoms with Gasteiger partial charge >= 0.3 is 0 Å². The van der Waals surface area contributed by atoms with Crippen molar-refractivity contribution in [2.75, 3.05) is 13.7 Å². The van der Waals surface area contributed by atoms with Crippen molar-refractivity contribution in [2.45, 2.75) is 25.7 Å². The molecule has 1 heterocycles. The highest BCUT2D eigenvalue weighted by Gasteiger charge is 2.17. The van der Waals surface area contributed by atoms with E-state index in [0.29, 0.717) is 18.3 Å². The topological polar surface area (TPSA) is 74.2 Å². The van der Waals surface area contributed by atoms with Gasteiger partial charge in [-0.3, -0.25) is 0 Å². The molecule has 1 aromatic carbocycles. The lowest BCUT2D eigenvalue weighted by molar-refractivity contribution is 0.347. The SMILES string of the molecule is CCCC(CN)c1nc(-c2cccc(OC)c2)no1. The third kappa shape index (κ3) is 3.12. The molecule has 0 saturated carbocycles. The van der Waals surface area contributed by atoms with Crippen LogP contribution in [0.5, 0.6) is 5.75 Å². The molecule has 19 heavy (non-hydrogen) atoms. The van der Waals surface area contributed by atoms with Crippen molar-refractivity contribution in [1.29, 1.82) is 0 Å². The molecule has 0 aliphatic heterocycles. The summed E-state index contributed by atoms with van der Waals surface area (Å²) in [4.78, 5) is 4.43. The van der Waals surface area contributed by atoms with Gasteiger partial charge in [0.1, 0.15) is 5.75 Å². The Labute approximate surface area is 112 Å². The predicted octanol–water partition coefficient (Wildman–Crippen LogP) is 2.59. The molecule has 0 bridgehead atoms. The Hall–Kier alpha value is -1.88. The van der Waals surface area contributed by atoms with Gasteiger partial charge in [0.2, 0.25) is 11.7 Å². The van der Waals surface area contributed by atoms with E-state index in [2.05, 4.69) is 17.1 Å². The van der Waals surface area contributed by atoms with Crippen molar-refractivity contribution < 1.29 is 9.26 Å². The van der Waals surface area contributed by atoms with Crippen LogP contribution in [0.2, 0.25) is 0 Å². The minimum absolute atomic E-state index is 0.136. The number of nitrogens with two attached hydrogens (primary N) is 1. The summed E-state index contributed by atoms with van der Waals surface area (Å²) in [5.74, 6) is 2.09. The summed E-state index contributed by atoms with van der Waals surface area (Å²) in [6.07, 6.45) is 2.00. The van der Waals surface area contributed by atoms with Crippen LogP contribution in [0.4, 0.5) is 0 Å². The van der Waals surface area contributed by atoms with E-state index in [1.54, 1.807) is 7.11 Å². The van der Waals surface area contributed by atoms with E-state index in [-0.39, 0.29) is 5.92 Å². The summed E-state index contributed by atoms with van der Waals surface area (Å²) in [7, 11) is 1.63. The van der Waals surface area contributed by atoms with Gasteiger partial charge in [-0.05, 0) is 18.6 Å². The van der Waals surface area contributed by atoms with E-state index >= 15 is 0 Å². The summed E-state index contributed by atoms with van der Waals surface area (Å²) < 4.78 is 10.5. The standard InChI is InChI=1S/C14H19N3O2/c1-3-5-11(9-15)14-16-13(17-19-14)10-6-4-7-12(8-10)18-2/h4,6-8,11H,3,5,9,15H2,1-2H3. The zero-order chi connectivity index (χ0) is 13.7. The molecule has 1 aromatic heterocycles. The quantitative estimate of drug-likeness (QED) is 0.865. The molecule has 1 unspecified atom stereocenters. The molecule has 1 atom stereocenters. The third-order valence-corrected chi connectivity index (χ3v) is 3.04. The fraction of sp³-hybridized carbons (Fsp3) is 0.429. The number of nitrogens with zero attached hydrogens (tertiary/aromatic N) is 2. The van der Waals surface area contributed by atoms with Gasteiger partial charge in [0.15, 0.2) is 0 Å². The number of hydrogen-bond acceptors (Lipinski definition) is 5. The fourth-order valence-corrected chi connectivity index (χ4v) is 1.97. The molecule has 0 fully saturated rings. The van der Waals surface area contributed by atoms with Crippen molar-refractivity contribution >= 4 is 0 Å². The van der Waals surface area contributed by atoms with E-state index in [1.807, 2.05) is 24.3 Å². The summed E-state index contributed by atoms with van der Waals surface area (Å²) in [6, 6.07) is 7.58. The van der Waals surface area contributed by atoms with Crippen LogP contribution in [0.1, 0.15) is 31.6 Å². The highest BCUT2D eigenvalue weighted by Crippen LogP contribution is 2.24. The first-order chi connectivity index (χ1) is 9.28. The highest BCUT2D eigenvalue weighted by atomic mass is 16.5. The van der Waals surface area contributed by atoms with Crippen LogP contribution in [0, 0.1) is 0 Å².